The van der Waals surface area contributed by atoms with Crippen molar-refractivity contribution in [1.82, 2.24) is 0 Å². The lowest BCUT2D eigenvalue weighted by Gasteiger charge is -2.27. The summed E-state index contributed by atoms with van der Waals surface area (Å²) in [5, 5.41) is 10.3. The predicted molar refractivity (Wildman–Crippen MR) is 66.8 cm³/mol. The van der Waals surface area contributed by atoms with Crippen molar-refractivity contribution in [3.05, 3.63) is 33.8 Å². The molecule has 0 aliphatic heterocycles. The van der Waals surface area contributed by atoms with E-state index in [0.29, 0.717) is 16.0 Å². The Labute approximate surface area is 106 Å². The molecule has 0 bridgehead atoms. The molecule has 0 radical (unpaired) electrons. The molecule has 1 aliphatic carbocycles. The molecule has 2 atom stereocenters. The van der Waals surface area contributed by atoms with Crippen molar-refractivity contribution >= 4 is 23.2 Å². The first kappa shape index (κ1) is 11.8. The van der Waals surface area contributed by atoms with Crippen LogP contribution in [0.1, 0.15) is 37.2 Å². The van der Waals surface area contributed by atoms with Gasteiger partial charge >= 0.3 is 0 Å². The SMILES string of the molecule is N#C[C@@H]1CCCCC1c1ccc(Cl)c(Cl)c1. The lowest BCUT2D eigenvalue weighted by Crippen LogP contribution is -2.16. The average molecular weight is 254 g/mol. The number of nitriles is 1. The molecule has 0 spiro atoms. The van der Waals surface area contributed by atoms with E-state index in [1.807, 2.05) is 18.2 Å². The highest BCUT2D eigenvalue weighted by Gasteiger charge is 2.26. The molecule has 1 nitrogen and oxygen atoms in total. The topological polar surface area (TPSA) is 23.8 Å². The summed E-state index contributed by atoms with van der Waals surface area (Å²) in [7, 11) is 0. The molecule has 1 saturated carbocycles. The Morgan fingerprint density at radius 1 is 1.12 bits per heavy atom. The van der Waals surface area contributed by atoms with Crippen molar-refractivity contribution in [1.29, 1.82) is 5.26 Å². The lowest BCUT2D eigenvalue weighted by molar-refractivity contribution is 0.369. The van der Waals surface area contributed by atoms with Gasteiger partial charge in [-0.05, 0) is 36.5 Å². The van der Waals surface area contributed by atoms with Crippen LogP contribution in [0.4, 0.5) is 0 Å². The van der Waals surface area contributed by atoms with Gasteiger partial charge in [0.2, 0.25) is 0 Å². The first-order valence-corrected chi connectivity index (χ1v) is 6.32. The average Bonchev–Trinajstić information content (AvgIpc) is 2.32. The van der Waals surface area contributed by atoms with Gasteiger partial charge in [-0.2, -0.15) is 5.26 Å². The lowest BCUT2D eigenvalue weighted by atomic mass is 9.76. The van der Waals surface area contributed by atoms with Gasteiger partial charge in [0.15, 0.2) is 0 Å². The molecule has 3 heteroatoms. The Bertz CT molecular complexity index is 422. The Morgan fingerprint density at radius 2 is 1.88 bits per heavy atom. The highest BCUT2D eigenvalue weighted by atomic mass is 35.5. The summed E-state index contributed by atoms with van der Waals surface area (Å²) in [6, 6.07) is 8.13. The van der Waals surface area contributed by atoms with Gasteiger partial charge in [0.25, 0.3) is 0 Å². The smallest absolute Gasteiger partial charge is 0.0662 e. The molecule has 0 aromatic heterocycles. The first-order chi connectivity index (χ1) is 7.72. The third-order valence-corrected chi connectivity index (χ3v) is 4.04. The molecule has 0 saturated heterocycles. The summed E-state index contributed by atoms with van der Waals surface area (Å²) in [6.45, 7) is 0. The third-order valence-electron chi connectivity index (χ3n) is 3.30. The van der Waals surface area contributed by atoms with Crippen LogP contribution in [0.5, 0.6) is 0 Å². The van der Waals surface area contributed by atoms with Crippen LogP contribution in [-0.4, -0.2) is 0 Å². The predicted octanol–water partition coefficient (Wildman–Crippen LogP) is 4.79. The quantitative estimate of drug-likeness (QED) is 0.706. The van der Waals surface area contributed by atoms with Gasteiger partial charge in [-0.25, -0.2) is 0 Å². The minimum atomic E-state index is 0.131. The summed E-state index contributed by atoms with van der Waals surface area (Å²) in [5.74, 6) is 0.458. The zero-order chi connectivity index (χ0) is 11.5. The molecule has 1 unspecified atom stereocenters. The molecule has 0 heterocycles. The monoisotopic (exact) mass is 253 g/mol. The molecule has 84 valence electrons. The first-order valence-electron chi connectivity index (χ1n) is 5.57. The van der Waals surface area contributed by atoms with Gasteiger partial charge in [-0.3, -0.25) is 0 Å². The van der Waals surface area contributed by atoms with Gasteiger partial charge in [-0.15, -0.1) is 0 Å². The summed E-state index contributed by atoms with van der Waals surface area (Å²) >= 11 is 11.9. The number of halogens is 2. The fourth-order valence-electron chi connectivity index (χ4n) is 2.43. The van der Waals surface area contributed by atoms with Crippen molar-refractivity contribution in [2.45, 2.75) is 31.6 Å². The highest BCUT2D eigenvalue weighted by Crippen LogP contribution is 2.39. The number of rotatable bonds is 1. The van der Waals surface area contributed by atoms with Crippen LogP contribution in [0.15, 0.2) is 18.2 Å². The second-order valence-electron chi connectivity index (χ2n) is 4.30. The largest absolute Gasteiger partial charge is 0.198 e. The van der Waals surface area contributed by atoms with Crippen LogP contribution in [0.2, 0.25) is 10.0 Å². The van der Waals surface area contributed by atoms with Crippen molar-refractivity contribution in [2.75, 3.05) is 0 Å². The fraction of sp³-hybridized carbons (Fsp3) is 0.462. The van der Waals surface area contributed by atoms with E-state index in [2.05, 4.69) is 6.07 Å². The second kappa shape index (κ2) is 5.08. The number of hydrogen-bond donors (Lipinski definition) is 0. The van der Waals surface area contributed by atoms with Gasteiger partial charge in [0.05, 0.1) is 22.0 Å². The van der Waals surface area contributed by atoms with E-state index in [4.69, 9.17) is 28.5 Å². The molecular weight excluding hydrogens is 241 g/mol. The molecule has 2 rings (SSSR count). The maximum atomic E-state index is 9.14. The summed E-state index contributed by atoms with van der Waals surface area (Å²) in [6.07, 6.45) is 4.44. The van der Waals surface area contributed by atoms with Gasteiger partial charge in [-0.1, -0.05) is 42.1 Å². The van der Waals surface area contributed by atoms with Crippen molar-refractivity contribution in [3.63, 3.8) is 0 Å². The molecule has 1 aromatic carbocycles. The molecule has 0 amide bonds. The molecule has 1 aromatic rings. The maximum Gasteiger partial charge on any atom is 0.0662 e. The second-order valence-corrected chi connectivity index (χ2v) is 5.11. The Morgan fingerprint density at radius 3 is 2.56 bits per heavy atom. The van der Waals surface area contributed by atoms with Crippen LogP contribution < -0.4 is 0 Å². The van der Waals surface area contributed by atoms with Crippen LogP contribution in [0.25, 0.3) is 0 Å². The fourth-order valence-corrected chi connectivity index (χ4v) is 2.73. The molecule has 16 heavy (non-hydrogen) atoms. The normalized spacial score (nSPS) is 25.1. The van der Waals surface area contributed by atoms with E-state index in [-0.39, 0.29) is 5.92 Å². The van der Waals surface area contributed by atoms with Crippen LogP contribution >= 0.6 is 23.2 Å². The van der Waals surface area contributed by atoms with E-state index >= 15 is 0 Å². The number of hydrogen-bond acceptors (Lipinski definition) is 1. The number of nitrogens with zero attached hydrogens (tertiary/aromatic N) is 1. The van der Waals surface area contributed by atoms with E-state index in [9.17, 15) is 0 Å². The molecule has 0 N–H and O–H groups in total. The molecular formula is C13H13Cl2N. The Kier molecular flexibility index (Phi) is 3.74. The zero-order valence-corrected chi connectivity index (χ0v) is 10.4. The minimum Gasteiger partial charge on any atom is -0.198 e. The van der Waals surface area contributed by atoms with E-state index in [0.717, 1.165) is 24.8 Å². The molecule has 1 fully saturated rings. The summed E-state index contributed by atoms with van der Waals surface area (Å²) < 4.78 is 0. The van der Waals surface area contributed by atoms with Crippen molar-refractivity contribution in [2.24, 2.45) is 5.92 Å². The third kappa shape index (κ3) is 2.34. The summed E-state index contributed by atoms with van der Waals surface area (Å²) in [4.78, 5) is 0. The highest BCUT2D eigenvalue weighted by molar-refractivity contribution is 6.42. The summed E-state index contributed by atoms with van der Waals surface area (Å²) in [5.41, 5.74) is 1.15. The van der Waals surface area contributed by atoms with E-state index in [1.54, 1.807) is 0 Å². The van der Waals surface area contributed by atoms with Gasteiger partial charge in [0, 0.05) is 0 Å². The maximum absolute atomic E-state index is 9.14. The Hall–Kier alpha value is -0.710. The number of benzene rings is 1. The Balaban J connectivity index is 2.28. The van der Waals surface area contributed by atoms with Crippen LogP contribution in [-0.2, 0) is 0 Å². The van der Waals surface area contributed by atoms with Gasteiger partial charge in [0.1, 0.15) is 0 Å². The van der Waals surface area contributed by atoms with E-state index in [1.165, 1.54) is 6.42 Å². The minimum absolute atomic E-state index is 0.131. The van der Waals surface area contributed by atoms with Crippen LogP contribution in [0, 0.1) is 17.2 Å². The zero-order valence-electron chi connectivity index (χ0n) is 8.92. The van der Waals surface area contributed by atoms with Crippen molar-refractivity contribution in [3.8, 4) is 6.07 Å². The van der Waals surface area contributed by atoms with Gasteiger partial charge < -0.3 is 0 Å². The molecule has 1 aliphatic rings. The van der Waals surface area contributed by atoms with Crippen molar-refractivity contribution < 1.29 is 0 Å². The van der Waals surface area contributed by atoms with E-state index < -0.39 is 0 Å². The van der Waals surface area contributed by atoms with Crippen LogP contribution in [0.3, 0.4) is 0 Å². The standard InChI is InChI=1S/C13H13Cl2N/c14-12-6-5-9(7-13(12)15)11-4-2-1-3-10(11)8-16/h5-7,10-11H,1-4H2/t10-,11?/m0/s1.